The molecule has 20 heavy (non-hydrogen) atoms. The van der Waals surface area contributed by atoms with Gasteiger partial charge in [-0.2, -0.15) is 0 Å². The van der Waals surface area contributed by atoms with Crippen LogP contribution in [0.15, 0.2) is 29.2 Å². The van der Waals surface area contributed by atoms with Crippen molar-refractivity contribution in [1.82, 2.24) is 4.72 Å². The highest BCUT2D eigenvalue weighted by atomic mass is 32.2. The monoisotopic (exact) mass is 316 g/mol. The summed E-state index contributed by atoms with van der Waals surface area (Å²) in [5, 5.41) is 0. The number of anilines is 1. The van der Waals surface area contributed by atoms with E-state index in [1.165, 1.54) is 11.8 Å². The molecule has 7 heteroatoms. The molecule has 0 aromatic heterocycles. The average Bonchev–Trinajstić information content (AvgIpc) is 2.41. The van der Waals surface area contributed by atoms with Crippen molar-refractivity contribution in [2.75, 3.05) is 30.5 Å². The van der Waals surface area contributed by atoms with Gasteiger partial charge in [-0.15, -0.1) is 11.8 Å². The van der Waals surface area contributed by atoms with Gasteiger partial charge in [0, 0.05) is 35.6 Å². The van der Waals surface area contributed by atoms with Gasteiger partial charge >= 0.3 is 0 Å². The molecule has 1 aliphatic rings. The molecule has 1 aliphatic heterocycles. The number of nitrogens with one attached hydrogen (secondary N) is 1. The normalized spacial score (nSPS) is 17.2. The van der Waals surface area contributed by atoms with Crippen LogP contribution in [-0.4, -0.2) is 39.2 Å². The highest BCUT2D eigenvalue weighted by molar-refractivity contribution is 8.00. The van der Waals surface area contributed by atoms with Crippen LogP contribution in [0, 0.1) is 0 Å². The van der Waals surface area contributed by atoms with Gasteiger partial charge in [0.2, 0.25) is 10.0 Å². The fourth-order valence-corrected chi connectivity index (χ4v) is 4.70. The van der Waals surface area contributed by atoms with E-state index in [4.69, 9.17) is 10.5 Å². The standard InChI is InChI=1S/C13H20N2O3S2/c14-12-3-1-2-4-13(12)19-9-10-20(16,17)15-11-5-7-18-8-6-11/h1-4,11,15H,5-10,14H2. The molecule has 0 atom stereocenters. The molecule has 0 radical (unpaired) electrons. The second-order valence-electron chi connectivity index (χ2n) is 4.71. The van der Waals surface area contributed by atoms with E-state index in [0.717, 1.165) is 17.7 Å². The van der Waals surface area contributed by atoms with Gasteiger partial charge in [-0.25, -0.2) is 13.1 Å². The van der Waals surface area contributed by atoms with Gasteiger partial charge in [-0.05, 0) is 25.0 Å². The summed E-state index contributed by atoms with van der Waals surface area (Å²) in [7, 11) is -3.23. The number of benzene rings is 1. The summed E-state index contributed by atoms with van der Waals surface area (Å²) in [4.78, 5) is 0.925. The zero-order chi connectivity index (χ0) is 14.4. The first-order valence-electron chi connectivity index (χ1n) is 6.62. The molecule has 0 saturated carbocycles. The maximum Gasteiger partial charge on any atom is 0.212 e. The van der Waals surface area contributed by atoms with Crippen molar-refractivity contribution in [2.45, 2.75) is 23.8 Å². The minimum atomic E-state index is -3.23. The lowest BCUT2D eigenvalue weighted by atomic mass is 10.1. The predicted molar refractivity (Wildman–Crippen MR) is 82.3 cm³/mol. The maximum absolute atomic E-state index is 12.0. The fourth-order valence-electron chi connectivity index (χ4n) is 2.00. The highest BCUT2D eigenvalue weighted by Gasteiger charge is 2.20. The van der Waals surface area contributed by atoms with E-state index < -0.39 is 10.0 Å². The third-order valence-corrected chi connectivity index (χ3v) is 5.88. The number of ether oxygens (including phenoxy) is 1. The second kappa shape index (κ2) is 7.31. The van der Waals surface area contributed by atoms with E-state index in [-0.39, 0.29) is 11.8 Å². The first-order chi connectivity index (χ1) is 9.57. The van der Waals surface area contributed by atoms with Gasteiger partial charge < -0.3 is 10.5 Å². The lowest BCUT2D eigenvalue weighted by Gasteiger charge is -2.22. The van der Waals surface area contributed by atoms with E-state index in [1.807, 2.05) is 24.3 Å². The Morgan fingerprint density at radius 3 is 2.70 bits per heavy atom. The lowest BCUT2D eigenvalue weighted by molar-refractivity contribution is 0.0832. The summed E-state index contributed by atoms with van der Waals surface area (Å²) in [6.07, 6.45) is 1.50. The molecule has 1 aromatic rings. The number of sulfonamides is 1. The van der Waals surface area contributed by atoms with Crippen molar-refractivity contribution in [2.24, 2.45) is 0 Å². The van der Waals surface area contributed by atoms with Gasteiger partial charge in [-0.1, -0.05) is 12.1 Å². The molecule has 1 saturated heterocycles. The molecule has 0 amide bonds. The van der Waals surface area contributed by atoms with Crippen LogP contribution in [0.2, 0.25) is 0 Å². The molecule has 0 unspecified atom stereocenters. The molecule has 0 spiro atoms. The number of nitrogens with two attached hydrogens (primary N) is 1. The van der Waals surface area contributed by atoms with Crippen LogP contribution in [0.25, 0.3) is 0 Å². The van der Waals surface area contributed by atoms with Gasteiger partial charge in [-0.3, -0.25) is 0 Å². The van der Waals surface area contributed by atoms with Gasteiger partial charge in [0.05, 0.1) is 5.75 Å². The average molecular weight is 316 g/mol. The third kappa shape index (κ3) is 4.97. The van der Waals surface area contributed by atoms with Crippen LogP contribution in [0.3, 0.4) is 0 Å². The number of hydrogen-bond donors (Lipinski definition) is 2. The number of rotatable bonds is 6. The molecule has 3 N–H and O–H groups in total. The summed E-state index contributed by atoms with van der Waals surface area (Å²) in [5.74, 6) is 0.593. The third-order valence-electron chi connectivity index (χ3n) is 3.10. The highest BCUT2D eigenvalue weighted by Crippen LogP contribution is 2.24. The van der Waals surface area contributed by atoms with E-state index in [2.05, 4.69) is 4.72 Å². The summed E-state index contributed by atoms with van der Waals surface area (Å²) >= 11 is 1.47. The van der Waals surface area contributed by atoms with Crippen LogP contribution in [-0.2, 0) is 14.8 Å². The molecule has 5 nitrogen and oxygen atoms in total. The number of hydrogen-bond acceptors (Lipinski definition) is 5. The number of thioether (sulfide) groups is 1. The van der Waals surface area contributed by atoms with Crippen LogP contribution in [0.4, 0.5) is 5.69 Å². The minimum absolute atomic E-state index is 0.0144. The zero-order valence-corrected chi connectivity index (χ0v) is 12.9. The number of para-hydroxylation sites is 1. The largest absolute Gasteiger partial charge is 0.398 e. The van der Waals surface area contributed by atoms with Crippen molar-refractivity contribution >= 4 is 27.5 Å². The van der Waals surface area contributed by atoms with Crippen molar-refractivity contribution < 1.29 is 13.2 Å². The molecular formula is C13H20N2O3S2. The van der Waals surface area contributed by atoms with Crippen LogP contribution >= 0.6 is 11.8 Å². The van der Waals surface area contributed by atoms with E-state index in [9.17, 15) is 8.42 Å². The Morgan fingerprint density at radius 1 is 1.30 bits per heavy atom. The first kappa shape index (κ1) is 15.6. The van der Waals surface area contributed by atoms with Crippen LogP contribution < -0.4 is 10.5 Å². The SMILES string of the molecule is Nc1ccccc1SCCS(=O)(=O)NC1CCOCC1. The lowest BCUT2D eigenvalue weighted by Crippen LogP contribution is -2.40. The summed E-state index contributed by atoms with van der Waals surface area (Å²) in [5.41, 5.74) is 6.51. The smallest absolute Gasteiger partial charge is 0.212 e. The van der Waals surface area contributed by atoms with Crippen molar-refractivity contribution in [1.29, 1.82) is 0 Å². The molecular weight excluding hydrogens is 296 g/mol. The molecule has 0 bridgehead atoms. The van der Waals surface area contributed by atoms with Crippen LogP contribution in [0.1, 0.15) is 12.8 Å². The summed E-state index contributed by atoms with van der Waals surface area (Å²) in [6.45, 7) is 1.25. The van der Waals surface area contributed by atoms with Crippen molar-refractivity contribution in [3.8, 4) is 0 Å². The molecule has 2 rings (SSSR count). The first-order valence-corrected chi connectivity index (χ1v) is 9.26. The zero-order valence-electron chi connectivity index (χ0n) is 11.2. The van der Waals surface area contributed by atoms with E-state index in [1.54, 1.807) is 0 Å². The Labute approximate surface area is 124 Å². The fraction of sp³-hybridized carbons (Fsp3) is 0.538. The number of nitrogen functional groups attached to an aromatic ring is 1. The molecule has 1 fully saturated rings. The van der Waals surface area contributed by atoms with Crippen LogP contribution in [0.5, 0.6) is 0 Å². The second-order valence-corrected chi connectivity index (χ2v) is 7.72. The van der Waals surface area contributed by atoms with Gasteiger partial charge in [0.25, 0.3) is 0 Å². The molecule has 1 aromatic carbocycles. The minimum Gasteiger partial charge on any atom is -0.398 e. The Balaban J connectivity index is 1.79. The quantitative estimate of drug-likeness (QED) is 0.613. The Hall–Kier alpha value is -0.760. The van der Waals surface area contributed by atoms with E-state index >= 15 is 0 Å². The van der Waals surface area contributed by atoms with Gasteiger partial charge in [0.15, 0.2) is 0 Å². The maximum atomic E-state index is 12.0. The van der Waals surface area contributed by atoms with Crippen molar-refractivity contribution in [3.05, 3.63) is 24.3 Å². The molecule has 1 heterocycles. The van der Waals surface area contributed by atoms with Gasteiger partial charge in [0.1, 0.15) is 0 Å². The van der Waals surface area contributed by atoms with Crippen molar-refractivity contribution in [3.63, 3.8) is 0 Å². The van der Waals surface area contributed by atoms with E-state index in [0.29, 0.717) is 24.7 Å². The molecule has 112 valence electrons. The summed E-state index contributed by atoms with van der Waals surface area (Å²) < 4.78 is 31.9. The Bertz CT molecular complexity index is 528. The predicted octanol–water partition coefficient (Wildman–Crippen LogP) is 1.46. The molecule has 0 aliphatic carbocycles. The Morgan fingerprint density at radius 2 is 2.00 bits per heavy atom. The topological polar surface area (TPSA) is 81.4 Å². The Kier molecular flexibility index (Phi) is 5.71. The summed E-state index contributed by atoms with van der Waals surface area (Å²) in [6, 6.07) is 7.49.